The Labute approximate surface area is 100 Å². The number of halogens is 1. The van der Waals surface area contributed by atoms with Gasteiger partial charge in [0.15, 0.2) is 0 Å². The highest BCUT2D eigenvalue weighted by atomic mass is 35.5. The first-order valence-electron chi connectivity index (χ1n) is 4.87. The molecule has 0 saturated carbocycles. The van der Waals surface area contributed by atoms with Crippen LogP contribution in [0.15, 0.2) is 18.2 Å². The molecule has 0 aromatic heterocycles. The quantitative estimate of drug-likeness (QED) is 0.637. The fraction of sp³-hybridized carbons (Fsp3) is 0.364. The van der Waals surface area contributed by atoms with Gasteiger partial charge in [-0.2, -0.15) is 0 Å². The maximum atomic E-state index is 5.99. The maximum absolute atomic E-state index is 5.99. The molecule has 15 heavy (non-hydrogen) atoms. The molecule has 1 aromatic rings. The molecule has 0 heterocycles. The van der Waals surface area contributed by atoms with E-state index in [4.69, 9.17) is 34.3 Å². The summed E-state index contributed by atoms with van der Waals surface area (Å²) in [5, 5.41) is 0.538. The third-order valence-electron chi connectivity index (χ3n) is 1.97. The lowest BCUT2D eigenvalue weighted by Gasteiger charge is -2.07. The number of hydrogen-bond acceptors (Lipinski definition) is 2. The number of hydrogen-bond donors (Lipinski definition) is 1. The molecule has 0 spiro atoms. The van der Waals surface area contributed by atoms with Crippen molar-refractivity contribution in [1.82, 2.24) is 0 Å². The molecule has 1 rings (SSSR count). The van der Waals surface area contributed by atoms with Gasteiger partial charge in [-0.1, -0.05) is 37.2 Å². The van der Waals surface area contributed by atoms with Gasteiger partial charge in [0.25, 0.3) is 0 Å². The predicted molar refractivity (Wildman–Crippen MR) is 67.7 cm³/mol. The highest BCUT2D eigenvalue weighted by Crippen LogP contribution is 2.22. The van der Waals surface area contributed by atoms with Crippen molar-refractivity contribution in [1.29, 1.82) is 0 Å². The molecule has 0 aliphatic heterocycles. The van der Waals surface area contributed by atoms with Gasteiger partial charge in [0.05, 0.1) is 11.6 Å². The number of rotatable bonds is 5. The average Bonchev–Trinajstić information content (AvgIpc) is 2.17. The standard InChI is InChI=1S/C11H14ClNOS/c1-2-3-6-14-8-4-5-9(11(13)15)10(12)7-8/h4-5,7H,2-3,6H2,1H3,(H2,13,15). The van der Waals surface area contributed by atoms with Gasteiger partial charge in [-0.3, -0.25) is 0 Å². The number of nitrogens with two attached hydrogens (primary N) is 1. The lowest BCUT2D eigenvalue weighted by molar-refractivity contribution is 0.309. The highest BCUT2D eigenvalue weighted by molar-refractivity contribution is 7.80. The summed E-state index contributed by atoms with van der Waals surface area (Å²) in [5.74, 6) is 0.758. The minimum absolute atomic E-state index is 0.306. The molecule has 82 valence electrons. The van der Waals surface area contributed by atoms with Gasteiger partial charge < -0.3 is 10.5 Å². The summed E-state index contributed by atoms with van der Waals surface area (Å²) >= 11 is 10.8. The van der Waals surface area contributed by atoms with Gasteiger partial charge in [-0.05, 0) is 24.6 Å². The molecule has 0 unspecified atom stereocenters. The number of benzene rings is 1. The van der Waals surface area contributed by atoms with Crippen LogP contribution in [0.4, 0.5) is 0 Å². The summed E-state index contributed by atoms with van der Waals surface area (Å²) in [4.78, 5) is 0.306. The SMILES string of the molecule is CCCCOc1ccc(C(N)=S)c(Cl)c1. The summed E-state index contributed by atoms with van der Waals surface area (Å²) in [6, 6.07) is 5.35. The summed E-state index contributed by atoms with van der Waals surface area (Å²) in [7, 11) is 0. The van der Waals surface area contributed by atoms with Crippen LogP contribution in [0.5, 0.6) is 5.75 Å². The molecular formula is C11H14ClNOS. The van der Waals surface area contributed by atoms with Crippen molar-refractivity contribution >= 4 is 28.8 Å². The minimum atomic E-state index is 0.306. The second-order valence-corrected chi connectivity index (χ2v) is 4.05. The van der Waals surface area contributed by atoms with Gasteiger partial charge in [-0.15, -0.1) is 0 Å². The second kappa shape index (κ2) is 5.93. The largest absolute Gasteiger partial charge is 0.494 e. The zero-order valence-corrected chi connectivity index (χ0v) is 10.2. The van der Waals surface area contributed by atoms with Gasteiger partial charge in [-0.25, -0.2) is 0 Å². The molecule has 2 N–H and O–H groups in total. The summed E-state index contributed by atoms with van der Waals surface area (Å²) < 4.78 is 5.49. The van der Waals surface area contributed by atoms with Crippen molar-refractivity contribution in [3.63, 3.8) is 0 Å². The van der Waals surface area contributed by atoms with Crippen molar-refractivity contribution in [2.75, 3.05) is 6.61 Å². The van der Waals surface area contributed by atoms with Crippen molar-refractivity contribution in [3.05, 3.63) is 28.8 Å². The maximum Gasteiger partial charge on any atom is 0.120 e. The normalized spacial score (nSPS) is 10.0. The van der Waals surface area contributed by atoms with Crippen molar-refractivity contribution in [2.45, 2.75) is 19.8 Å². The first-order valence-corrected chi connectivity index (χ1v) is 5.66. The third-order valence-corrected chi connectivity index (χ3v) is 2.51. The van der Waals surface area contributed by atoms with E-state index in [9.17, 15) is 0 Å². The zero-order valence-electron chi connectivity index (χ0n) is 8.63. The van der Waals surface area contributed by atoms with Crippen molar-refractivity contribution in [3.8, 4) is 5.75 Å². The van der Waals surface area contributed by atoms with Crippen molar-refractivity contribution < 1.29 is 4.74 Å². The lowest BCUT2D eigenvalue weighted by atomic mass is 10.2. The Kier molecular flexibility index (Phi) is 4.85. The summed E-state index contributed by atoms with van der Waals surface area (Å²) in [5.41, 5.74) is 6.18. The monoisotopic (exact) mass is 243 g/mol. The molecule has 0 bridgehead atoms. The first-order chi connectivity index (χ1) is 7.15. The van der Waals surface area contributed by atoms with E-state index in [0.717, 1.165) is 18.6 Å². The van der Waals surface area contributed by atoms with Gasteiger partial charge >= 0.3 is 0 Å². The molecule has 4 heteroatoms. The van der Waals surface area contributed by atoms with Crippen LogP contribution in [0, 0.1) is 0 Å². The molecule has 0 saturated heterocycles. The Hall–Kier alpha value is -0.800. The van der Waals surface area contributed by atoms with Gasteiger partial charge in [0.1, 0.15) is 10.7 Å². The molecule has 2 nitrogen and oxygen atoms in total. The molecule has 0 amide bonds. The van der Waals surface area contributed by atoms with Crippen LogP contribution in [0.3, 0.4) is 0 Å². The highest BCUT2D eigenvalue weighted by Gasteiger charge is 2.04. The van der Waals surface area contributed by atoms with E-state index in [2.05, 4.69) is 6.92 Å². The Balaban J connectivity index is 2.69. The Bertz CT molecular complexity index is 354. The number of ether oxygens (including phenoxy) is 1. The number of unbranched alkanes of at least 4 members (excludes halogenated alkanes) is 1. The van der Waals surface area contributed by atoms with Crippen LogP contribution in [-0.4, -0.2) is 11.6 Å². The fourth-order valence-electron chi connectivity index (χ4n) is 1.12. The first kappa shape index (κ1) is 12.3. The Morgan fingerprint density at radius 2 is 2.27 bits per heavy atom. The van der Waals surface area contributed by atoms with Crippen LogP contribution in [0.2, 0.25) is 5.02 Å². The fourth-order valence-corrected chi connectivity index (χ4v) is 1.63. The van der Waals surface area contributed by atoms with Gasteiger partial charge in [0.2, 0.25) is 0 Å². The summed E-state index contributed by atoms with van der Waals surface area (Å²) in [6.07, 6.45) is 2.15. The molecule has 0 atom stereocenters. The van der Waals surface area contributed by atoms with E-state index >= 15 is 0 Å². The topological polar surface area (TPSA) is 35.2 Å². The van der Waals surface area contributed by atoms with E-state index in [1.165, 1.54) is 0 Å². The molecule has 0 aliphatic carbocycles. The Morgan fingerprint density at radius 1 is 1.53 bits per heavy atom. The van der Waals surface area contributed by atoms with Crippen LogP contribution in [0.25, 0.3) is 0 Å². The van der Waals surface area contributed by atoms with Crippen LogP contribution >= 0.6 is 23.8 Å². The summed E-state index contributed by atoms with van der Waals surface area (Å²) in [6.45, 7) is 2.82. The van der Waals surface area contributed by atoms with E-state index < -0.39 is 0 Å². The van der Waals surface area contributed by atoms with Crippen LogP contribution in [-0.2, 0) is 0 Å². The molecule has 0 fully saturated rings. The smallest absolute Gasteiger partial charge is 0.120 e. The number of thiocarbonyl (C=S) groups is 1. The van der Waals surface area contributed by atoms with Gasteiger partial charge in [0, 0.05) is 5.56 Å². The minimum Gasteiger partial charge on any atom is -0.494 e. The predicted octanol–water partition coefficient (Wildman–Crippen LogP) is 3.15. The van der Waals surface area contributed by atoms with E-state index in [1.807, 2.05) is 6.07 Å². The van der Waals surface area contributed by atoms with E-state index in [1.54, 1.807) is 12.1 Å². The van der Waals surface area contributed by atoms with Crippen LogP contribution < -0.4 is 10.5 Å². The second-order valence-electron chi connectivity index (χ2n) is 3.21. The molecule has 0 aliphatic rings. The Morgan fingerprint density at radius 3 is 2.80 bits per heavy atom. The zero-order chi connectivity index (χ0) is 11.3. The van der Waals surface area contributed by atoms with E-state index in [0.29, 0.717) is 22.2 Å². The lowest BCUT2D eigenvalue weighted by Crippen LogP contribution is -2.10. The average molecular weight is 244 g/mol. The molecule has 0 radical (unpaired) electrons. The van der Waals surface area contributed by atoms with Crippen molar-refractivity contribution in [2.24, 2.45) is 5.73 Å². The third kappa shape index (κ3) is 3.68. The molecular weight excluding hydrogens is 230 g/mol. The van der Waals surface area contributed by atoms with E-state index in [-0.39, 0.29) is 0 Å². The molecule has 1 aromatic carbocycles. The van der Waals surface area contributed by atoms with Crippen LogP contribution in [0.1, 0.15) is 25.3 Å².